The summed E-state index contributed by atoms with van der Waals surface area (Å²) in [5.74, 6) is -2.03. The molecule has 106 valence electrons. The zero-order chi connectivity index (χ0) is 14.4. The number of rotatable bonds is 6. The highest BCUT2D eigenvalue weighted by molar-refractivity contribution is 9.09. The summed E-state index contributed by atoms with van der Waals surface area (Å²) in [4.78, 5) is 13.8. The van der Waals surface area contributed by atoms with Crippen LogP contribution < -0.4 is 0 Å². The normalized spacial score (nSPS) is 10.8. The van der Waals surface area contributed by atoms with Gasteiger partial charge in [0, 0.05) is 23.5 Å². The molecule has 2 nitrogen and oxygen atoms in total. The fourth-order valence-corrected chi connectivity index (χ4v) is 2.10. The van der Waals surface area contributed by atoms with E-state index in [0.29, 0.717) is 6.54 Å². The lowest BCUT2D eigenvalue weighted by molar-refractivity contribution is -0.132. The first-order valence-electron chi connectivity index (χ1n) is 6.25. The Morgan fingerprint density at radius 1 is 1.37 bits per heavy atom. The Kier molecular flexibility index (Phi) is 6.42. The first-order valence-corrected chi connectivity index (χ1v) is 7.37. The minimum absolute atomic E-state index is 0.0446. The topological polar surface area (TPSA) is 20.3 Å². The van der Waals surface area contributed by atoms with Gasteiger partial charge in [0.25, 0.3) is 0 Å². The van der Waals surface area contributed by atoms with Crippen molar-refractivity contribution in [1.29, 1.82) is 0 Å². The Balaban J connectivity index is 2.78. The number of benzene rings is 1. The molecule has 0 fully saturated rings. The molecule has 5 heteroatoms. The summed E-state index contributed by atoms with van der Waals surface area (Å²) in [6.07, 6.45) is 0.722. The molecule has 0 unspecified atom stereocenters. The average Bonchev–Trinajstić information content (AvgIpc) is 2.35. The zero-order valence-corrected chi connectivity index (χ0v) is 12.7. The lowest BCUT2D eigenvalue weighted by Gasteiger charge is -2.26. The fraction of sp³-hybridized carbons (Fsp3) is 0.500. The van der Waals surface area contributed by atoms with Gasteiger partial charge >= 0.3 is 0 Å². The Bertz CT molecular complexity index is 437. The van der Waals surface area contributed by atoms with Crippen LogP contribution in [0.5, 0.6) is 0 Å². The van der Waals surface area contributed by atoms with E-state index in [1.165, 1.54) is 12.1 Å². The van der Waals surface area contributed by atoms with Gasteiger partial charge in [0.1, 0.15) is 0 Å². The Morgan fingerprint density at radius 3 is 2.63 bits per heavy atom. The molecule has 0 heterocycles. The molecule has 19 heavy (non-hydrogen) atoms. The van der Waals surface area contributed by atoms with Crippen LogP contribution >= 0.6 is 15.9 Å². The number of hydrogen-bond acceptors (Lipinski definition) is 1. The van der Waals surface area contributed by atoms with Gasteiger partial charge in [-0.15, -0.1) is 0 Å². The molecule has 0 bridgehead atoms. The zero-order valence-electron chi connectivity index (χ0n) is 11.1. The summed E-state index contributed by atoms with van der Waals surface area (Å²) in [5.41, 5.74) is 0.106. The number of carbonyl (C=O) groups is 1. The van der Waals surface area contributed by atoms with Crippen LogP contribution in [0.25, 0.3) is 0 Å². The third-order valence-corrected chi connectivity index (χ3v) is 3.41. The number of halogens is 3. The van der Waals surface area contributed by atoms with Crippen molar-refractivity contribution in [3.63, 3.8) is 0 Å². The predicted molar refractivity (Wildman–Crippen MR) is 75.3 cm³/mol. The van der Waals surface area contributed by atoms with E-state index in [0.717, 1.165) is 17.8 Å². The highest BCUT2D eigenvalue weighted by Gasteiger charge is 2.19. The van der Waals surface area contributed by atoms with E-state index in [1.807, 2.05) is 13.8 Å². The Labute approximate surface area is 120 Å². The van der Waals surface area contributed by atoms with E-state index >= 15 is 0 Å². The third kappa shape index (κ3) is 4.56. The van der Waals surface area contributed by atoms with Crippen LogP contribution in [0.4, 0.5) is 8.78 Å². The van der Waals surface area contributed by atoms with Gasteiger partial charge in [0.2, 0.25) is 5.91 Å². The molecule has 1 aromatic carbocycles. The molecular formula is C14H18BrF2NO. The molecule has 1 aromatic rings. The van der Waals surface area contributed by atoms with Gasteiger partial charge in [-0.05, 0) is 26.3 Å². The van der Waals surface area contributed by atoms with Crippen LogP contribution in [-0.2, 0) is 11.2 Å². The van der Waals surface area contributed by atoms with Crippen molar-refractivity contribution in [2.24, 2.45) is 0 Å². The van der Waals surface area contributed by atoms with Crippen molar-refractivity contribution in [3.05, 3.63) is 35.4 Å². The van der Waals surface area contributed by atoms with Crippen molar-refractivity contribution >= 4 is 21.8 Å². The summed E-state index contributed by atoms with van der Waals surface area (Å²) in [6, 6.07) is 3.95. The second-order valence-corrected chi connectivity index (χ2v) is 5.41. The molecule has 0 saturated heterocycles. The van der Waals surface area contributed by atoms with Crippen molar-refractivity contribution < 1.29 is 13.6 Å². The van der Waals surface area contributed by atoms with Gasteiger partial charge in [-0.3, -0.25) is 4.79 Å². The molecule has 0 aliphatic heterocycles. The van der Waals surface area contributed by atoms with Crippen molar-refractivity contribution in [2.45, 2.75) is 32.7 Å². The van der Waals surface area contributed by atoms with Crippen LogP contribution in [0.2, 0.25) is 0 Å². The van der Waals surface area contributed by atoms with Crippen LogP contribution in [0.15, 0.2) is 18.2 Å². The number of alkyl halides is 1. The molecule has 0 atom stereocenters. The first-order chi connectivity index (χ1) is 8.97. The Morgan fingerprint density at radius 2 is 2.05 bits per heavy atom. The van der Waals surface area contributed by atoms with Gasteiger partial charge in [-0.2, -0.15) is 0 Å². The molecule has 1 amide bonds. The highest BCUT2D eigenvalue weighted by Crippen LogP contribution is 2.14. The highest BCUT2D eigenvalue weighted by atomic mass is 79.9. The van der Waals surface area contributed by atoms with E-state index in [2.05, 4.69) is 15.9 Å². The third-order valence-electron chi connectivity index (χ3n) is 2.85. The second kappa shape index (κ2) is 7.58. The van der Waals surface area contributed by atoms with Crippen LogP contribution in [0, 0.1) is 11.6 Å². The number of carbonyl (C=O) groups excluding carboxylic acids is 1. The molecule has 0 N–H and O–H groups in total. The minimum Gasteiger partial charge on any atom is -0.340 e. The van der Waals surface area contributed by atoms with Crippen LogP contribution in [0.3, 0.4) is 0 Å². The van der Waals surface area contributed by atoms with E-state index in [-0.39, 0.29) is 23.9 Å². The minimum atomic E-state index is -0.931. The van der Waals surface area contributed by atoms with Gasteiger partial charge in [0.15, 0.2) is 11.6 Å². The molecule has 0 aliphatic rings. The number of amides is 1. The summed E-state index contributed by atoms with van der Waals surface area (Å²) >= 11 is 3.32. The van der Waals surface area contributed by atoms with E-state index in [4.69, 9.17) is 0 Å². The second-order valence-electron chi connectivity index (χ2n) is 4.61. The molecule has 1 rings (SSSR count). The summed E-state index contributed by atoms with van der Waals surface area (Å²) in [5, 5.41) is 0.803. The van der Waals surface area contributed by atoms with Crippen LogP contribution in [0.1, 0.15) is 25.8 Å². The monoisotopic (exact) mass is 333 g/mol. The van der Waals surface area contributed by atoms with Crippen LogP contribution in [-0.4, -0.2) is 28.7 Å². The smallest absolute Gasteiger partial charge is 0.227 e. The Hall–Kier alpha value is -0.970. The van der Waals surface area contributed by atoms with Gasteiger partial charge in [-0.1, -0.05) is 28.1 Å². The molecule has 0 aliphatic carbocycles. The molecule has 0 radical (unpaired) electrons. The fourth-order valence-electron chi connectivity index (χ4n) is 1.85. The van der Waals surface area contributed by atoms with Crippen molar-refractivity contribution in [1.82, 2.24) is 4.90 Å². The lowest BCUT2D eigenvalue weighted by atomic mass is 10.1. The SMILES string of the molecule is CC(C)N(CCCBr)C(=O)Cc1cccc(F)c1F. The number of hydrogen-bond donors (Lipinski definition) is 0. The first kappa shape index (κ1) is 16.1. The van der Waals surface area contributed by atoms with E-state index in [1.54, 1.807) is 4.90 Å². The molecule has 0 aromatic heterocycles. The summed E-state index contributed by atoms with van der Waals surface area (Å²) in [7, 11) is 0. The summed E-state index contributed by atoms with van der Waals surface area (Å²) in [6.45, 7) is 4.43. The quantitative estimate of drug-likeness (QED) is 0.729. The lowest BCUT2D eigenvalue weighted by Crippen LogP contribution is -2.39. The molecule has 0 spiro atoms. The van der Waals surface area contributed by atoms with Gasteiger partial charge in [-0.25, -0.2) is 8.78 Å². The van der Waals surface area contributed by atoms with E-state index < -0.39 is 11.6 Å². The maximum absolute atomic E-state index is 13.5. The van der Waals surface area contributed by atoms with E-state index in [9.17, 15) is 13.6 Å². The van der Waals surface area contributed by atoms with Gasteiger partial charge in [0.05, 0.1) is 6.42 Å². The standard InChI is InChI=1S/C14H18BrF2NO/c1-10(2)18(8-4-7-15)13(19)9-11-5-3-6-12(16)14(11)17/h3,5-6,10H,4,7-9H2,1-2H3. The predicted octanol–water partition coefficient (Wildman–Crippen LogP) is 3.53. The molecule has 0 saturated carbocycles. The largest absolute Gasteiger partial charge is 0.340 e. The summed E-state index contributed by atoms with van der Waals surface area (Å²) < 4.78 is 26.6. The maximum Gasteiger partial charge on any atom is 0.227 e. The maximum atomic E-state index is 13.5. The van der Waals surface area contributed by atoms with Gasteiger partial charge < -0.3 is 4.90 Å². The average molecular weight is 334 g/mol. The van der Waals surface area contributed by atoms with Crippen molar-refractivity contribution in [2.75, 3.05) is 11.9 Å². The number of nitrogens with zero attached hydrogens (tertiary/aromatic N) is 1. The van der Waals surface area contributed by atoms with Crippen molar-refractivity contribution in [3.8, 4) is 0 Å². The molecular weight excluding hydrogens is 316 g/mol.